The summed E-state index contributed by atoms with van der Waals surface area (Å²) in [4.78, 5) is 24.7. The number of nitrogens with one attached hydrogen (secondary N) is 1. The lowest BCUT2D eigenvalue weighted by molar-refractivity contribution is 0.0499. The molecule has 2 aliphatic rings. The summed E-state index contributed by atoms with van der Waals surface area (Å²) in [6.45, 7) is 7.66. The first-order valence-corrected chi connectivity index (χ1v) is 10.6. The van der Waals surface area contributed by atoms with Gasteiger partial charge >= 0.3 is 12.1 Å². The Balaban J connectivity index is 1.81. The predicted molar refractivity (Wildman–Crippen MR) is 105 cm³/mol. The van der Waals surface area contributed by atoms with E-state index in [1.807, 2.05) is 20.8 Å². The minimum absolute atomic E-state index is 0.0699. The Hall–Kier alpha value is -2.05. The van der Waals surface area contributed by atoms with Crippen molar-refractivity contribution in [3.05, 3.63) is 17.0 Å². The number of rotatable bonds is 4. The summed E-state index contributed by atoms with van der Waals surface area (Å²) in [5.41, 5.74) is 1.94. The van der Waals surface area contributed by atoms with Crippen molar-refractivity contribution in [3.63, 3.8) is 0 Å². The number of ether oxygens (including phenoxy) is 2. The van der Waals surface area contributed by atoms with Crippen LogP contribution in [0.4, 0.5) is 4.79 Å². The van der Waals surface area contributed by atoms with Crippen molar-refractivity contribution < 1.29 is 19.1 Å². The van der Waals surface area contributed by atoms with Gasteiger partial charge in [0.2, 0.25) is 0 Å². The number of amides is 1. The number of aromatic nitrogens is 2. The van der Waals surface area contributed by atoms with Crippen LogP contribution in [0.3, 0.4) is 0 Å². The molecule has 0 saturated heterocycles. The largest absolute Gasteiger partial charge is 0.461 e. The molecule has 0 spiro atoms. The molecule has 2 aliphatic carbocycles. The quantitative estimate of drug-likeness (QED) is 0.786. The van der Waals surface area contributed by atoms with Gasteiger partial charge in [-0.3, -0.25) is 4.68 Å². The number of carbonyl (C=O) groups is 2. The minimum atomic E-state index is -0.536. The third-order valence-corrected chi connectivity index (χ3v) is 5.41. The van der Waals surface area contributed by atoms with Crippen LogP contribution >= 0.6 is 0 Å². The monoisotopic (exact) mass is 391 g/mol. The first-order valence-electron chi connectivity index (χ1n) is 10.6. The zero-order valence-electron chi connectivity index (χ0n) is 17.5. The van der Waals surface area contributed by atoms with Gasteiger partial charge in [-0.2, -0.15) is 5.10 Å². The van der Waals surface area contributed by atoms with Crippen LogP contribution in [0.25, 0.3) is 0 Å². The molecule has 1 aromatic heterocycles. The van der Waals surface area contributed by atoms with Gasteiger partial charge in [0.1, 0.15) is 5.60 Å². The second-order valence-corrected chi connectivity index (χ2v) is 8.82. The van der Waals surface area contributed by atoms with Crippen LogP contribution in [0.2, 0.25) is 0 Å². The molecule has 1 N–H and O–H groups in total. The standard InChI is InChI=1S/C21H33N3O4/c1-5-27-19(25)18-16-13-14(22-20(26)28-21(2,3)4)11-12-17(16)24(23-18)15-9-7-6-8-10-15/h14-15H,5-13H2,1-4H3,(H,22,26). The molecule has 0 aromatic carbocycles. The van der Waals surface area contributed by atoms with E-state index in [0.717, 1.165) is 36.9 Å². The van der Waals surface area contributed by atoms with Gasteiger partial charge in [-0.1, -0.05) is 19.3 Å². The van der Waals surface area contributed by atoms with Crippen LogP contribution in [0.5, 0.6) is 0 Å². The van der Waals surface area contributed by atoms with E-state index < -0.39 is 11.7 Å². The fraction of sp³-hybridized carbons (Fsp3) is 0.762. The Bertz CT molecular complexity index is 714. The average molecular weight is 392 g/mol. The molecule has 156 valence electrons. The highest BCUT2D eigenvalue weighted by molar-refractivity contribution is 5.89. The zero-order valence-corrected chi connectivity index (χ0v) is 17.5. The molecule has 28 heavy (non-hydrogen) atoms. The maximum atomic E-state index is 12.5. The smallest absolute Gasteiger partial charge is 0.407 e. The molecule has 0 radical (unpaired) electrons. The van der Waals surface area contributed by atoms with Crippen molar-refractivity contribution in [1.29, 1.82) is 0 Å². The van der Waals surface area contributed by atoms with Gasteiger partial charge in [0.05, 0.1) is 12.6 Å². The molecule has 0 aliphatic heterocycles. The lowest BCUT2D eigenvalue weighted by atomic mass is 9.90. The summed E-state index contributed by atoms with van der Waals surface area (Å²) in [6.07, 6.45) is 7.66. The van der Waals surface area contributed by atoms with E-state index in [9.17, 15) is 9.59 Å². The first-order chi connectivity index (χ1) is 13.3. The maximum absolute atomic E-state index is 12.5. The Morgan fingerprint density at radius 2 is 1.89 bits per heavy atom. The van der Waals surface area contributed by atoms with Crippen LogP contribution in [0.1, 0.15) is 94.0 Å². The molecule has 1 aromatic rings. The molecule has 1 fully saturated rings. The molecule has 1 saturated carbocycles. The molecule has 1 heterocycles. The summed E-state index contributed by atoms with van der Waals surface area (Å²) in [7, 11) is 0. The van der Waals surface area contributed by atoms with Crippen LogP contribution in [0.15, 0.2) is 0 Å². The summed E-state index contributed by atoms with van der Waals surface area (Å²) >= 11 is 0. The molecule has 1 unspecified atom stereocenters. The normalized spacial score (nSPS) is 20.4. The predicted octanol–water partition coefficient (Wildman–Crippen LogP) is 3.95. The second-order valence-electron chi connectivity index (χ2n) is 8.82. The maximum Gasteiger partial charge on any atom is 0.407 e. The van der Waals surface area contributed by atoms with Crippen LogP contribution in [0, 0.1) is 0 Å². The Morgan fingerprint density at radius 3 is 2.54 bits per heavy atom. The fourth-order valence-electron chi connectivity index (χ4n) is 4.23. The van der Waals surface area contributed by atoms with Crippen molar-refractivity contribution in [2.75, 3.05) is 6.61 Å². The van der Waals surface area contributed by atoms with Crippen molar-refractivity contribution >= 4 is 12.1 Å². The number of esters is 1. The first kappa shape index (κ1) is 20.7. The number of nitrogens with zero attached hydrogens (tertiary/aromatic N) is 2. The molecule has 1 amide bonds. The Kier molecular flexibility index (Phi) is 6.30. The van der Waals surface area contributed by atoms with Crippen molar-refractivity contribution in [2.24, 2.45) is 0 Å². The topological polar surface area (TPSA) is 82.5 Å². The van der Waals surface area contributed by atoms with Crippen molar-refractivity contribution in [3.8, 4) is 0 Å². The average Bonchev–Trinajstić information content (AvgIpc) is 3.00. The lowest BCUT2D eigenvalue weighted by Crippen LogP contribution is -2.42. The number of hydrogen-bond donors (Lipinski definition) is 1. The number of alkyl carbamates (subject to hydrolysis) is 1. The third kappa shape index (κ3) is 4.86. The van der Waals surface area contributed by atoms with Gasteiger partial charge in [-0.05, 0) is 59.8 Å². The summed E-state index contributed by atoms with van der Waals surface area (Å²) < 4.78 is 12.7. The summed E-state index contributed by atoms with van der Waals surface area (Å²) in [5.74, 6) is -0.369. The lowest BCUT2D eigenvalue weighted by Gasteiger charge is -2.28. The summed E-state index contributed by atoms with van der Waals surface area (Å²) in [5, 5.41) is 7.66. The van der Waals surface area contributed by atoms with E-state index in [0.29, 0.717) is 24.8 Å². The van der Waals surface area contributed by atoms with Crippen LogP contribution < -0.4 is 5.32 Å². The van der Waals surface area contributed by atoms with Gasteiger partial charge < -0.3 is 14.8 Å². The highest BCUT2D eigenvalue weighted by Gasteiger charge is 2.33. The minimum Gasteiger partial charge on any atom is -0.461 e. The van der Waals surface area contributed by atoms with Crippen LogP contribution in [-0.4, -0.2) is 40.1 Å². The molecule has 1 atom stereocenters. The number of hydrogen-bond acceptors (Lipinski definition) is 5. The van der Waals surface area contributed by atoms with Crippen molar-refractivity contribution in [1.82, 2.24) is 15.1 Å². The van der Waals surface area contributed by atoms with Gasteiger partial charge in [-0.15, -0.1) is 0 Å². The van der Waals surface area contributed by atoms with Gasteiger partial charge in [0.15, 0.2) is 5.69 Å². The molecular formula is C21H33N3O4. The van der Waals surface area contributed by atoms with Gasteiger partial charge in [0.25, 0.3) is 0 Å². The summed E-state index contributed by atoms with van der Waals surface area (Å²) in [6, 6.07) is 0.292. The van der Waals surface area contributed by atoms with Crippen molar-refractivity contribution in [2.45, 2.75) is 96.7 Å². The second kappa shape index (κ2) is 8.53. The molecule has 7 nitrogen and oxygen atoms in total. The molecule has 7 heteroatoms. The number of carbonyl (C=O) groups excluding carboxylic acids is 2. The fourth-order valence-corrected chi connectivity index (χ4v) is 4.23. The van der Waals surface area contributed by atoms with Crippen LogP contribution in [-0.2, 0) is 22.3 Å². The van der Waals surface area contributed by atoms with Gasteiger partial charge in [0, 0.05) is 17.3 Å². The van der Waals surface area contributed by atoms with E-state index in [1.165, 1.54) is 19.3 Å². The highest BCUT2D eigenvalue weighted by atomic mass is 16.6. The molecule has 0 bridgehead atoms. The Labute approximate surface area is 167 Å². The van der Waals surface area contributed by atoms with E-state index in [2.05, 4.69) is 10.00 Å². The molecular weight excluding hydrogens is 358 g/mol. The number of fused-ring (bicyclic) bond motifs is 1. The van der Waals surface area contributed by atoms with E-state index in [4.69, 9.17) is 14.6 Å². The third-order valence-electron chi connectivity index (χ3n) is 5.41. The van der Waals surface area contributed by atoms with Gasteiger partial charge in [-0.25, -0.2) is 9.59 Å². The molecule has 3 rings (SSSR count). The highest BCUT2D eigenvalue weighted by Crippen LogP contribution is 2.33. The van der Waals surface area contributed by atoms with E-state index in [-0.39, 0.29) is 12.0 Å². The zero-order chi connectivity index (χ0) is 20.3. The SMILES string of the molecule is CCOC(=O)c1nn(C2CCCCC2)c2c1CC(NC(=O)OC(C)(C)C)CC2. The van der Waals surface area contributed by atoms with E-state index in [1.54, 1.807) is 6.92 Å². The Morgan fingerprint density at radius 1 is 1.18 bits per heavy atom. The van der Waals surface area contributed by atoms with E-state index >= 15 is 0 Å².